The average molecular weight is 199 g/mol. The van der Waals surface area contributed by atoms with E-state index >= 15 is 0 Å². The van der Waals surface area contributed by atoms with Gasteiger partial charge in [0.15, 0.2) is 0 Å². The summed E-state index contributed by atoms with van der Waals surface area (Å²) in [5.41, 5.74) is 1.02. The Morgan fingerprint density at radius 3 is 2.57 bits per heavy atom. The van der Waals surface area contributed by atoms with Crippen LogP contribution in [0.5, 0.6) is 0 Å². The van der Waals surface area contributed by atoms with Crippen molar-refractivity contribution < 1.29 is 9.53 Å². The van der Waals surface area contributed by atoms with Crippen molar-refractivity contribution in [1.29, 1.82) is 0 Å². The first-order chi connectivity index (χ1) is 6.61. The van der Waals surface area contributed by atoms with E-state index in [0.29, 0.717) is 13.2 Å². The number of carbonyl (C=O) groups excluding carboxylic acids is 1. The van der Waals surface area contributed by atoms with Crippen LogP contribution >= 0.6 is 0 Å². The second kappa shape index (κ2) is 7.56. The lowest BCUT2D eigenvalue weighted by Crippen LogP contribution is -2.38. The molecule has 1 unspecified atom stereocenters. The van der Waals surface area contributed by atoms with Crippen LogP contribution in [0.3, 0.4) is 0 Å². The van der Waals surface area contributed by atoms with Crippen molar-refractivity contribution in [3.8, 4) is 0 Å². The molecule has 3 nitrogen and oxygen atoms in total. The van der Waals surface area contributed by atoms with Crippen molar-refractivity contribution in [2.75, 3.05) is 13.2 Å². The molecule has 0 aromatic carbocycles. The zero-order valence-corrected chi connectivity index (χ0v) is 9.43. The summed E-state index contributed by atoms with van der Waals surface area (Å²) in [7, 11) is 0. The lowest BCUT2D eigenvalue weighted by Gasteiger charge is -2.16. The number of hydrogen-bond donors (Lipinski definition) is 1. The van der Waals surface area contributed by atoms with E-state index in [1.807, 2.05) is 13.8 Å². The molecule has 0 amide bonds. The predicted molar refractivity (Wildman–Crippen MR) is 58.1 cm³/mol. The summed E-state index contributed by atoms with van der Waals surface area (Å²) < 4.78 is 4.96. The molecule has 82 valence electrons. The molecule has 1 N–H and O–H groups in total. The first-order valence-electron chi connectivity index (χ1n) is 5.16. The van der Waals surface area contributed by atoms with E-state index in [1.165, 1.54) is 0 Å². The Morgan fingerprint density at radius 1 is 1.50 bits per heavy atom. The molecule has 0 aliphatic heterocycles. The third-order valence-corrected chi connectivity index (χ3v) is 1.80. The van der Waals surface area contributed by atoms with Crippen LogP contribution in [0.2, 0.25) is 0 Å². The van der Waals surface area contributed by atoms with Gasteiger partial charge < -0.3 is 10.1 Å². The van der Waals surface area contributed by atoms with Gasteiger partial charge in [0.25, 0.3) is 0 Å². The Labute approximate surface area is 86.5 Å². The Kier molecular flexibility index (Phi) is 7.11. The van der Waals surface area contributed by atoms with E-state index < -0.39 is 0 Å². The molecule has 0 aromatic rings. The molecular weight excluding hydrogens is 178 g/mol. The SMILES string of the molecule is C=C(C)CNC(CCC)C(=O)OCC. The van der Waals surface area contributed by atoms with Crippen molar-refractivity contribution in [1.82, 2.24) is 5.32 Å². The topological polar surface area (TPSA) is 38.3 Å². The van der Waals surface area contributed by atoms with Crippen molar-refractivity contribution in [3.63, 3.8) is 0 Å². The van der Waals surface area contributed by atoms with Crippen LogP contribution in [0.25, 0.3) is 0 Å². The molecule has 14 heavy (non-hydrogen) atoms. The van der Waals surface area contributed by atoms with Crippen LogP contribution in [0.4, 0.5) is 0 Å². The van der Waals surface area contributed by atoms with Gasteiger partial charge in [-0.05, 0) is 20.3 Å². The average Bonchev–Trinajstić information content (AvgIpc) is 2.12. The van der Waals surface area contributed by atoms with Crippen LogP contribution in [-0.2, 0) is 9.53 Å². The van der Waals surface area contributed by atoms with Crippen molar-refractivity contribution in [2.45, 2.75) is 39.7 Å². The lowest BCUT2D eigenvalue weighted by atomic mass is 10.1. The normalized spacial score (nSPS) is 12.2. The molecule has 0 bridgehead atoms. The summed E-state index contributed by atoms with van der Waals surface area (Å²) in [6.45, 7) is 10.7. The van der Waals surface area contributed by atoms with Gasteiger partial charge in [-0.3, -0.25) is 4.79 Å². The van der Waals surface area contributed by atoms with Gasteiger partial charge >= 0.3 is 5.97 Å². The van der Waals surface area contributed by atoms with Gasteiger partial charge in [0.2, 0.25) is 0 Å². The molecule has 1 atom stereocenters. The first-order valence-corrected chi connectivity index (χ1v) is 5.16. The number of ether oxygens (including phenoxy) is 1. The fraction of sp³-hybridized carbons (Fsp3) is 0.727. The van der Waals surface area contributed by atoms with E-state index in [4.69, 9.17) is 4.74 Å². The van der Waals surface area contributed by atoms with Crippen LogP contribution < -0.4 is 5.32 Å². The van der Waals surface area contributed by atoms with Crippen molar-refractivity contribution >= 4 is 5.97 Å². The van der Waals surface area contributed by atoms with E-state index in [9.17, 15) is 4.79 Å². The van der Waals surface area contributed by atoms with Gasteiger partial charge in [0.1, 0.15) is 6.04 Å². The van der Waals surface area contributed by atoms with Crippen molar-refractivity contribution in [3.05, 3.63) is 12.2 Å². The summed E-state index contributed by atoms with van der Waals surface area (Å²) >= 11 is 0. The standard InChI is InChI=1S/C11H21NO2/c1-5-7-10(11(13)14-6-2)12-8-9(3)4/h10,12H,3,5-8H2,1-2,4H3. The number of nitrogens with one attached hydrogen (secondary N) is 1. The highest BCUT2D eigenvalue weighted by Gasteiger charge is 2.17. The second-order valence-electron chi connectivity index (χ2n) is 3.43. The molecule has 0 heterocycles. The minimum atomic E-state index is -0.184. The quantitative estimate of drug-likeness (QED) is 0.502. The third-order valence-electron chi connectivity index (χ3n) is 1.80. The van der Waals surface area contributed by atoms with Crippen molar-refractivity contribution in [2.24, 2.45) is 0 Å². The molecule has 0 spiro atoms. The summed E-state index contributed by atoms with van der Waals surface area (Å²) in [5, 5.41) is 3.13. The van der Waals surface area contributed by atoms with Crippen LogP contribution in [0.15, 0.2) is 12.2 Å². The molecule has 3 heteroatoms. The highest BCUT2D eigenvalue weighted by molar-refractivity contribution is 5.75. The Balaban J connectivity index is 3.99. The molecule has 0 saturated heterocycles. The molecule has 0 aromatic heterocycles. The van der Waals surface area contributed by atoms with Gasteiger partial charge in [-0.2, -0.15) is 0 Å². The molecule has 0 aliphatic rings. The van der Waals surface area contributed by atoms with Gasteiger partial charge in [-0.1, -0.05) is 25.5 Å². The largest absolute Gasteiger partial charge is 0.465 e. The molecular formula is C11H21NO2. The fourth-order valence-corrected chi connectivity index (χ4v) is 1.13. The van der Waals surface area contributed by atoms with E-state index in [-0.39, 0.29) is 12.0 Å². The summed E-state index contributed by atoms with van der Waals surface area (Å²) in [6.07, 6.45) is 1.78. The molecule has 0 radical (unpaired) electrons. The maximum Gasteiger partial charge on any atom is 0.323 e. The van der Waals surface area contributed by atoms with E-state index in [2.05, 4.69) is 18.8 Å². The monoisotopic (exact) mass is 199 g/mol. The van der Waals surface area contributed by atoms with Crippen LogP contribution in [0.1, 0.15) is 33.6 Å². The predicted octanol–water partition coefficient (Wildman–Crippen LogP) is 1.88. The number of esters is 1. The number of hydrogen-bond acceptors (Lipinski definition) is 3. The summed E-state index contributed by atoms with van der Waals surface area (Å²) in [4.78, 5) is 11.4. The van der Waals surface area contributed by atoms with Gasteiger partial charge in [-0.15, -0.1) is 0 Å². The smallest absolute Gasteiger partial charge is 0.323 e. The van der Waals surface area contributed by atoms with E-state index in [1.54, 1.807) is 0 Å². The zero-order chi connectivity index (χ0) is 11.0. The Morgan fingerprint density at radius 2 is 2.14 bits per heavy atom. The molecule has 0 fully saturated rings. The van der Waals surface area contributed by atoms with Crippen LogP contribution in [-0.4, -0.2) is 25.2 Å². The van der Waals surface area contributed by atoms with Gasteiger partial charge in [0.05, 0.1) is 6.61 Å². The third kappa shape index (κ3) is 5.75. The maximum atomic E-state index is 11.4. The lowest BCUT2D eigenvalue weighted by molar-refractivity contribution is -0.145. The van der Waals surface area contributed by atoms with Gasteiger partial charge in [-0.25, -0.2) is 0 Å². The van der Waals surface area contributed by atoms with E-state index in [0.717, 1.165) is 18.4 Å². The zero-order valence-electron chi connectivity index (χ0n) is 9.43. The molecule has 0 saturated carbocycles. The van der Waals surface area contributed by atoms with Gasteiger partial charge in [0, 0.05) is 6.54 Å². The fourth-order valence-electron chi connectivity index (χ4n) is 1.13. The molecule has 0 aliphatic carbocycles. The van der Waals surface area contributed by atoms with Crippen LogP contribution in [0, 0.1) is 0 Å². The molecule has 0 rings (SSSR count). The number of rotatable bonds is 7. The second-order valence-corrected chi connectivity index (χ2v) is 3.43. The summed E-state index contributed by atoms with van der Waals surface area (Å²) in [5.74, 6) is -0.157. The Bertz CT molecular complexity index is 190. The highest BCUT2D eigenvalue weighted by atomic mass is 16.5. The minimum absolute atomic E-state index is 0.157. The Hall–Kier alpha value is -0.830. The highest BCUT2D eigenvalue weighted by Crippen LogP contribution is 2.00. The first kappa shape index (κ1) is 13.2. The number of carbonyl (C=O) groups is 1. The summed E-state index contributed by atoms with van der Waals surface area (Å²) in [6, 6.07) is -0.184. The minimum Gasteiger partial charge on any atom is -0.465 e. The maximum absolute atomic E-state index is 11.4.